The third kappa shape index (κ3) is 3.39. The number of benzene rings is 3. The molecule has 1 aromatic heterocycles. The number of fused-ring (bicyclic) bond motifs is 5. The summed E-state index contributed by atoms with van der Waals surface area (Å²) in [4.78, 5) is 4.66. The van der Waals surface area contributed by atoms with E-state index in [0.717, 1.165) is 40.3 Å². The quantitative estimate of drug-likeness (QED) is 0.314. The van der Waals surface area contributed by atoms with Gasteiger partial charge in [-0.1, -0.05) is 50.2 Å². The Bertz CT molecular complexity index is 1240. The molecule has 2 nitrogen and oxygen atoms in total. The molecule has 0 fully saturated rings. The second-order valence-electron chi connectivity index (χ2n) is 8.51. The number of aryl methyl sites for hydroxylation is 1. The van der Waals surface area contributed by atoms with Crippen LogP contribution in [0.25, 0.3) is 33.5 Å². The van der Waals surface area contributed by atoms with Gasteiger partial charge in [0.1, 0.15) is 11.5 Å². The van der Waals surface area contributed by atoms with E-state index in [1.807, 2.05) is 6.20 Å². The molecule has 1 aliphatic rings. The van der Waals surface area contributed by atoms with Crippen LogP contribution in [-0.4, -0.2) is 4.98 Å². The molecule has 4 aromatic rings. The average Bonchev–Trinajstić information content (AvgIpc) is 2.87. The van der Waals surface area contributed by atoms with Crippen molar-refractivity contribution >= 4 is 0 Å². The van der Waals surface area contributed by atoms with E-state index in [0.29, 0.717) is 5.92 Å². The Kier molecular flexibility index (Phi) is 4.63. The van der Waals surface area contributed by atoms with Crippen LogP contribution in [0.3, 0.4) is 0 Å². The van der Waals surface area contributed by atoms with Crippen molar-refractivity contribution in [2.45, 2.75) is 27.2 Å². The summed E-state index contributed by atoms with van der Waals surface area (Å²) < 4.78 is 6.41. The van der Waals surface area contributed by atoms with Gasteiger partial charge in [-0.3, -0.25) is 4.98 Å². The maximum absolute atomic E-state index is 6.41. The molecule has 3 aromatic carbocycles. The molecule has 2 heterocycles. The van der Waals surface area contributed by atoms with Gasteiger partial charge in [0.2, 0.25) is 0 Å². The lowest BCUT2D eigenvalue weighted by molar-refractivity contribution is 0.487. The maximum atomic E-state index is 6.41. The van der Waals surface area contributed by atoms with Gasteiger partial charge >= 0.3 is 0 Å². The van der Waals surface area contributed by atoms with Gasteiger partial charge in [-0.2, -0.15) is 0 Å². The molecule has 5 rings (SSSR count). The van der Waals surface area contributed by atoms with Crippen LogP contribution in [0.4, 0.5) is 0 Å². The molecule has 0 aliphatic carbocycles. The zero-order valence-corrected chi connectivity index (χ0v) is 17.6. The van der Waals surface area contributed by atoms with Crippen LogP contribution in [0.1, 0.15) is 25.0 Å². The van der Waals surface area contributed by atoms with Crippen LogP contribution in [-0.2, 0) is 6.42 Å². The smallest absolute Gasteiger partial charge is 0.135 e. The van der Waals surface area contributed by atoms with Crippen LogP contribution < -0.4 is 4.74 Å². The lowest BCUT2D eigenvalue weighted by Gasteiger charge is -2.12. The number of ether oxygens (including phenoxy) is 1. The molecule has 0 bridgehead atoms. The highest BCUT2D eigenvalue weighted by Crippen LogP contribution is 2.47. The zero-order valence-electron chi connectivity index (χ0n) is 17.6. The Morgan fingerprint density at radius 3 is 2.37 bits per heavy atom. The fourth-order valence-corrected chi connectivity index (χ4v) is 4.23. The second-order valence-corrected chi connectivity index (χ2v) is 8.51. The summed E-state index contributed by atoms with van der Waals surface area (Å²) in [5, 5.41) is 0. The Morgan fingerprint density at radius 1 is 0.767 bits per heavy atom. The maximum Gasteiger partial charge on any atom is 0.135 e. The predicted molar refractivity (Wildman–Crippen MR) is 124 cm³/mol. The molecule has 0 amide bonds. The lowest BCUT2D eigenvalue weighted by Crippen LogP contribution is -1.95. The fourth-order valence-electron chi connectivity index (χ4n) is 4.23. The van der Waals surface area contributed by atoms with Crippen molar-refractivity contribution in [3.63, 3.8) is 0 Å². The van der Waals surface area contributed by atoms with Crippen LogP contribution in [0.2, 0.25) is 0 Å². The summed E-state index contributed by atoms with van der Waals surface area (Å²) in [6.45, 7) is 6.59. The normalized spacial score (nSPS) is 11.9. The van der Waals surface area contributed by atoms with E-state index in [1.54, 1.807) is 0 Å². The van der Waals surface area contributed by atoms with Gasteiger partial charge in [0.05, 0.1) is 5.69 Å². The van der Waals surface area contributed by atoms with E-state index in [9.17, 15) is 0 Å². The average molecular weight is 392 g/mol. The number of hydrogen-bond donors (Lipinski definition) is 0. The Morgan fingerprint density at radius 2 is 1.57 bits per heavy atom. The van der Waals surface area contributed by atoms with Crippen LogP contribution >= 0.6 is 0 Å². The van der Waals surface area contributed by atoms with Crippen molar-refractivity contribution in [2.24, 2.45) is 5.92 Å². The topological polar surface area (TPSA) is 22.1 Å². The minimum Gasteiger partial charge on any atom is -0.456 e. The van der Waals surface area contributed by atoms with Crippen molar-refractivity contribution in [1.82, 2.24) is 4.98 Å². The van der Waals surface area contributed by atoms with Crippen LogP contribution in [0.15, 0.2) is 79.0 Å². The van der Waals surface area contributed by atoms with Crippen molar-refractivity contribution in [3.8, 4) is 45.0 Å². The standard InChI is InChI=1S/C28H25NO/c1-18(2)14-20-12-13-29-26(16-20)21-9-11-27-25(17-21)23-7-5-4-6-22(23)24-10-8-19(3)15-28(24)30-27/h4-13,15-18H,14H2,1-3H3. The van der Waals surface area contributed by atoms with Crippen LogP contribution in [0, 0.1) is 12.8 Å². The number of rotatable bonds is 3. The first-order chi connectivity index (χ1) is 14.6. The van der Waals surface area contributed by atoms with Gasteiger partial charge in [0.25, 0.3) is 0 Å². The fraction of sp³-hybridized carbons (Fsp3) is 0.179. The molecule has 2 heteroatoms. The van der Waals surface area contributed by atoms with E-state index in [4.69, 9.17) is 4.74 Å². The molecule has 1 aliphatic heterocycles. The van der Waals surface area contributed by atoms with E-state index in [1.165, 1.54) is 22.3 Å². The monoisotopic (exact) mass is 391 g/mol. The Labute approximate surface area is 178 Å². The lowest BCUT2D eigenvalue weighted by atomic mass is 9.92. The molecule has 0 saturated carbocycles. The predicted octanol–water partition coefficient (Wildman–Crippen LogP) is 7.70. The number of hydrogen-bond acceptors (Lipinski definition) is 2. The van der Waals surface area contributed by atoms with Crippen molar-refractivity contribution in [2.75, 3.05) is 0 Å². The van der Waals surface area contributed by atoms with Crippen molar-refractivity contribution < 1.29 is 4.74 Å². The Balaban J connectivity index is 1.66. The largest absolute Gasteiger partial charge is 0.456 e. The molecule has 0 unspecified atom stereocenters. The summed E-state index contributed by atoms with van der Waals surface area (Å²) in [6, 6.07) is 25.7. The first-order valence-corrected chi connectivity index (χ1v) is 10.6. The molecule has 0 saturated heterocycles. The number of nitrogens with zero attached hydrogens (tertiary/aromatic N) is 1. The summed E-state index contributed by atoms with van der Waals surface area (Å²) >= 11 is 0. The summed E-state index contributed by atoms with van der Waals surface area (Å²) in [7, 11) is 0. The summed E-state index contributed by atoms with van der Waals surface area (Å²) in [5.41, 5.74) is 9.26. The molecule has 30 heavy (non-hydrogen) atoms. The molecular weight excluding hydrogens is 366 g/mol. The minimum atomic E-state index is 0.620. The van der Waals surface area contributed by atoms with E-state index >= 15 is 0 Å². The molecular formula is C28H25NO. The number of pyridine rings is 1. The molecule has 0 N–H and O–H groups in total. The van der Waals surface area contributed by atoms with Gasteiger partial charge in [0.15, 0.2) is 0 Å². The Hall–Kier alpha value is -3.39. The van der Waals surface area contributed by atoms with Gasteiger partial charge in [-0.25, -0.2) is 0 Å². The minimum absolute atomic E-state index is 0.620. The number of aromatic nitrogens is 1. The third-order valence-corrected chi connectivity index (χ3v) is 5.61. The molecule has 0 spiro atoms. The van der Waals surface area contributed by atoms with E-state index in [2.05, 4.69) is 98.6 Å². The zero-order chi connectivity index (χ0) is 20.7. The van der Waals surface area contributed by atoms with Gasteiger partial charge in [-0.15, -0.1) is 0 Å². The highest BCUT2D eigenvalue weighted by molar-refractivity contribution is 5.92. The van der Waals surface area contributed by atoms with Crippen molar-refractivity contribution in [1.29, 1.82) is 0 Å². The molecule has 0 atom stereocenters. The van der Waals surface area contributed by atoms with Gasteiger partial charge in [0, 0.05) is 22.9 Å². The van der Waals surface area contributed by atoms with Crippen LogP contribution in [0.5, 0.6) is 11.5 Å². The summed E-state index contributed by atoms with van der Waals surface area (Å²) in [5.74, 6) is 2.41. The molecule has 0 radical (unpaired) electrons. The first kappa shape index (κ1) is 18.6. The second kappa shape index (κ2) is 7.46. The third-order valence-electron chi connectivity index (χ3n) is 5.61. The highest BCUT2D eigenvalue weighted by atomic mass is 16.5. The van der Waals surface area contributed by atoms with E-state index < -0.39 is 0 Å². The molecule has 148 valence electrons. The SMILES string of the molecule is Cc1ccc2c(c1)Oc1ccc(-c3cc(CC(C)C)ccn3)cc1-c1ccccc1-2. The highest BCUT2D eigenvalue weighted by Gasteiger charge is 2.21. The summed E-state index contributed by atoms with van der Waals surface area (Å²) in [6.07, 6.45) is 2.98. The van der Waals surface area contributed by atoms with Gasteiger partial charge < -0.3 is 4.74 Å². The van der Waals surface area contributed by atoms with Gasteiger partial charge in [-0.05, 0) is 77.9 Å². The van der Waals surface area contributed by atoms with Crippen molar-refractivity contribution in [3.05, 3.63) is 90.1 Å². The van der Waals surface area contributed by atoms with E-state index in [-0.39, 0.29) is 0 Å². The first-order valence-electron chi connectivity index (χ1n) is 10.6.